The van der Waals surface area contributed by atoms with Gasteiger partial charge in [-0.15, -0.1) is 0 Å². The number of ether oxygens (including phenoxy) is 2. The number of hydrogen-bond donors (Lipinski definition) is 1. The first-order valence-corrected chi connectivity index (χ1v) is 12.4. The van der Waals surface area contributed by atoms with Crippen molar-refractivity contribution in [3.05, 3.63) is 12.2 Å². The average molecular weight is 455 g/mol. The van der Waals surface area contributed by atoms with Crippen molar-refractivity contribution in [1.29, 1.82) is 0 Å². The lowest BCUT2D eigenvalue weighted by atomic mass is 10.1. The van der Waals surface area contributed by atoms with Gasteiger partial charge in [-0.3, -0.25) is 9.59 Å². The molecule has 32 heavy (non-hydrogen) atoms. The maximum absolute atomic E-state index is 11.9. The van der Waals surface area contributed by atoms with E-state index in [9.17, 15) is 19.5 Å². The first-order valence-electron chi connectivity index (χ1n) is 12.4. The number of carboxylic acids is 1. The summed E-state index contributed by atoms with van der Waals surface area (Å²) in [6.45, 7) is 7.32. The van der Waals surface area contributed by atoms with Gasteiger partial charge in [-0.25, -0.2) is 4.79 Å². The third-order valence-corrected chi connectivity index (χ3v) is 4.96. The Kier molecular flexibility index (Phi) is 17.6. The molecule has 0 aliphatic heterocycles. The summed E-state index contributed by atoms with van der Waals surface area (Å²) in [5, 5.41) is 9.18. The number of allylic oxidation sites excluding steroid dienone is 2. The van der Waals surface area contributed by atoms with Crippen LogP contribution in [0.3, 0.4) is 0 Å². The van der Waals surface area contributed by atoms with Crippen LogP contribution in [0.15, 0.2) is 12.2 Å². The van der Waals surface area contributed by atoms with E-state index in [0.29, 0.717) is 6.42 Å². The number of carbonyl (C=O) groups is 3. The molecule has 6 nitrogen and oxygen atoms in total. The molecule has 0 saturated heterocycles. The number of unbranched alkanes of at least 4 members (excludes halogenated alkanes) is 11. The number of carboxylic acid groups (broad SMARTS) is 1. The van der Waals surface area contributed by atoms with Crippen molar-refractivity contribution in [2.24, 2.45) is 0 Å². The van der Waals surface area contributed by atoms with Gasteiger partial charge >= 0.3 is 17.9 Å². The van der Waals surface area contributed by atoms with Crippen LogP contribution in [-0.2, 0) is 23.9 Å². The maximum atomic E-state index is 11.9. The SMILES string of the molecule is CCCCCCCC/C=C\CCCCCCCC(=O)O[C@@H](CC(=O)OC(C)(C)C)C(=O)O. The van der Waals surface area contributed by atoms with Crippen LogP contribution in [0.5, 0.6) is 0 Å². The van der Waals surface area contributed by atoms with Gasteiger partial charge in [-0.05, 0) is 52.9 Å². The standard InChI is InChI=1S/C26H46O6/c1-5-6-7-8-9-10-11-12-13-14-15-16-17-18-19-20-23(27)31-22(25(29)30)21-24(28)32-26(2,3)4/h12-13,22H,5-11,14-21H2,1-4H3,(H,29,30)/b13-12-/t22-/m0/s1. The molecule has 6 heteroatoms. The lowest BCUT2D eigenvalue weighted by molar-refractivity contribution is -0.171. The fourth-order valence-electron chi connectivity index (χ4n) is 3.27. The van der Waals surface area contributed by atoms with Crippen LogP contribution in [0.1, 0.15) is 124 Å². The average Bonchev–Trinajstić information content (AvgIpc) is 2.69. The quantitative estimate of drug-likeness (QED) is 0.132. The molecular formula is C26H46O6. The third-order valence-electron chi connectivity index (χ3n) is 4.96. The molecule has 0 aromatic carbocycles. The minimum Gasteiger partial charge on any atom is -0.478 e. The monoisotopic (exact) mass is 454 g/mol. The Morgan fingerprint density at radius 1 is 0.781 bits per heavy atom. The lowest BCUT2D eigenvalue weighted by Crippen LogP contribution is -2.33. The molecule has 0 aliphatic carbocycles. The summed E-state index contributed by atoms with van der Waals surface area (Å²) in [6, 6.07) is 0. The highest BCUT2D eigenvalue weighted by molar-refractivity contribution is 5.83. The van der Waals surface area contributed by atoms with E-state index >= 15 is 0 Å². The van der Waals surface area contributed by atoms with Crippen LogP contribution < -0.4 is 0 Å². The Bertz CT molecular complexity index is 547. The molecule has 0 spiro atoms. The fraction of sp³-hybridized carbons (Fsp3) is 0.808. The van der Waals surface area contributed by atoms with Crippen molar-refractivity contribution in [1.82, 2.24) is 0 Å². The summed E-state index contributed by atoms with van der Waals surface area (Å²) < 4.78 is 10.1. The van der Waals surface area contributed by atoms with Crippen LogP contribution in [0.4, 0.5) is 0 Å². The molecule has 0 rings (SSSR count). The summed E-state index contributed by atoms with van der Waals surface area (Å²) in [5.74, 6) is -2.62. The van der Waals surface area contributed by atoms with Gasteiger partial charge in [0, 0.05) is 6.42 Å². The van der Waals surface area contributed by atoms with Gasteiger partial charge < -0.3 is 14.6 Å². The van der Waals surface area contributed by atoms with Crippen LogP contribution >= 0.6 is 0 Å². The van der Waals surface area contributed by atoms with Gasteiger partial charge in [0.2, 0.25) is 6.10 Å². The Labute approximate surface area is 195 Å². The van der Waals surface area contributed by atoms with E-state index in [1.165, 1.54) is 44.9 Å². The molecule has 1 atom stereocenters. The fourth-order valence-corrected chi connectivity index (χ4v) is 3.27. The van der Waals surface area contributed by atoms with Gasteiger partial charge in [-0.1, -0.05) is 70.4 Å². The number of aliphatic carboxylic acids is 1. The molecule has 0 aromatic rings. The lowest BCUT2D eigenvalue weighted by Gasteiger charge is -2.21. The first-order chi connectivity index (χ1) is 15.2. The smallest absolute Gasteiger partial charge is 0.345 e. The number of rotatable bonds is 19. The van der Waals surface area contributed by atoms with Gasteiger partial charge in [0.05, 0.1) is 6.42 Å². The van der Waals surface area contributed by atoms with Crippen molar-refractivity contribution < 1.29 is 29.0 Å². The zero-order chi connectivity index (χ0) is 24.2. The minimum atomic E-state index is -1.50. The second-order valence-corrected chi connectivity index (χ2v) is 9.44. The van der Waals surface area contributed by atoms with E-state index in [4.69, 9.17) is 9.47 Å². The number of esters is 2. The van der Waals surface area contributed by atoms with Crippen molar-refractivity contribution in [3.63, 3.8) is 0 Å². The molecule has 0 fully saturated rings. The van der Waals surface area contributed by atoms with E-state index in [1.807, 2.05) is 0 Å². The Morgan fingerprint density at radius 3 is 1.78 bits per heavy atom. The molecular weight excluding hydrogens is 408 g/mol. The Morgan fingerprint density at radius 2 is 1.28 bits per heavy atom. The Hall–Kier alpha value is -1.85. The molecule has 0 radical (unpaired) electrons. The molecule has 0 amide bonds. The third kappa shape index (κ3) is 20.1. The van der Waals surface area contributed by atoms with Crippen LogP contribution in [-0.4, -0.2) is 34.7 Å². The molecule has 0 bridgehead atoms. The molecule has 0 heterocycles. The highest BCUT2D eigenvalue weighted by atomic mass is 16.6. The predicted molar refractivity (Wildman–Crippen MR) is 127 cm³/mol. The normalized spacial score (nSPS) is 12.6. The van der Waals surface area contributed by atoms with Crippen molar-refractivity contribution in [2.45, 2.75) is 136 Å². The zero-order valence-electron chi connectivity index (χ0n) is 20.8. The van der Waals surface area contributed by atoms with Crippen molar-refractivity contribution in [3.8, 4) is 0 Å². The highest BCUT2D eigenvalue weighted by Gasteiger charge is 2.28. The molecule has 0 aromatic heterocycles. The summed E-state index contributed by atoms with van der Waals surface area (Å²) in [7, 11) is 0. The summed E-state index contributed by atoms with van der Waals surface area (Å²) in [6.07, 6.45) is 17.9. The molecule has 0 unspecified atom stereocenters. The summed E-state index contributed by atoms with van der Waals surface area (Å²) >= 11 is 0. The van der Waals surface area contributed by atoms with Crippen LogP contribution in [0, 0.1) is 0 Å². The van der Waals surface area contributed by atoms with Gasteiger partial charge in [0.1, 0.15) is 5.60 Å². The molecule has 1 N–H and O–H groups in total. The summed E-state index contributed by atoms with van der Waals surface area (Å²) in [4.78, 5) is 35.0. The van der Waals surface area contributed by atoms with Crippen LogP contribution in [0.25, 0.3) is 0 Å². The highest BCUT2D eigenvalue weighted by Crippen LogP contribution is 2.13. The van der Waals surface area contributed by atoms with E-state index < -0.39 is 36.0 Å². The zero-order valence-corrected chi connectivity index (χ0v) is 20.8. The maximum Gasteiger partial charge on any atom is 0.345 e. The van der Waals surface area contributed by atoms with E-state index in [-0.39, 0.29) is 6.42 Å². The molecule has 186 valence electrons. The topological polar surface area (TPSA) is 89.9 Å². The first kappa shape index (κ1) is 30.1. The second-order valence-electron chi connectivity index (χ2n) is 9.44. The van der Waals surface area contributed by atoms with Gasteiger partial charge in [0.25, 0.3) is 0 Å². The second kappa shape index (κ2) is 18.7. The Balaban J connectivity index is 3.75. The van der Waals surface area contributed by atoms with Gasteiger partial charge in [-0.2, -0.15) is 0 Å². The number of hydrogen-bond acceptors (Lipinski definition) is 5. The molecule has 0 aliphatic rings. The number of carbonyl (C=O) groups excluding carboxylic acids is 2. The van der Waals surface area contributed by atoms with E-state index in [0.717, 1.165) is 32.1 Å². The summed E-state index contributed by atoms with van der Waals surface area (Å²) in [5.41, 5.74) is -0.714. The van der Waals surface area contributed by atoms with E-state index in [1.54, 1.807) is 20.8 Å². The largest absolute Gasteiger partial charge is 0.478 e. The minimum absolute atomic E-state index is 0.163. The van der Waals surface area contributed by atoms with E-state index in [2.05, 4.69) is 19.1 Å². The van der Waals surface area contributed by atoms with Crippen molar-refractivity contribution in [2.75, 3.05) is 0 Å². The predicted octanol–water partition coefficient (Wildman–Crippen LogP) is 6.75. The molecule has 0 saturated carbocycles. The van der Waals surface area contributed by atoms with Crippen molar-refractivity contribution >= 4 is 17.9 Å². The van der Waals surface area contributed by atoms with Gasteiger partial charge in [0.15, 0.2) is 0 Å². The van der Waals surface area contributed by atoms with Crippen LogP contribution in [0.2, 0.25) is 0 Å².